The molecule has 0 bridgehead atoms. The second kappa shape index (κ2) is 5.38. The summed E-state index contributed by atoms with van der Waals surface area (Å²) in [6.07, 6.45) is 8.99. The van der Waals surface area contributed by atoms with Gasteiger partial charge in [0.25, 0.3) is 0 Å². The molecule has 0 aliphatic heterocycles. The first-order chi connectivity index (χ1) is 6.79. The van der Waals surface area contributed by atoms with Crippen LogP contribution in [0.2, 0.25) is 0 Å². The Labute approximate surface area is 85.5 Å². The number of allylic oxidation sites excluding steroid dienone is 2. The first kappa shape index (κ1) is 10.7. The van der Waals surface area contributed by atoms with Gasteiger partial charge in [0.2, 0.25) is 0 Å². The van der Waals surface area contributed by atoms with Crippen LogP contribution in [0.25, 0.3) is 11.6 Å². The molecule has 0 fully saturated rings. The van der Waals surface area contributed by atoms with Gasteiger partial charge in [-0.15, -0.1) is 0 Å². The summed E-state index contributed by atoms with van der Waals surface area (Å²) in [7, 11) is 0. The predicted octanol–water partition coefficient (Wildman–Crippen LogP) is 2.02. The fourth-order valence-electron chi connectivity index (χ4n) is 1.29. The quantitative estimate of drug-likeness (QED) is 0.690. The van der Waals surface area contributed by atoms with E-state index in [2.05, 4.69) is 31.0 Å². The van der Waals surface area contributed by atoms with Gasteiger partial charge >= 0.3 is 0 Å². The van der Waals surface area contributed by atoms with Crippen molar-refractivity contribution in [3.8, 4) is 0 Å². The maximum absolute atomic E-state index is 4.36. The molecule has 0 aliphatic rings. The van der Waals surface area contributed by atoms with Crippen LogP contribution in [0, 0.1) is 0 Å². The van der Waals surface area contributed by atoms with Crippen molar-refractivity contribution in [2.75, 3.05) is 0 Å². The van der Waals surface area contributed by atoms with E-state index in [1.54, 1.807) is 0 Å². The van der Waals surface area contributed by atoms with Crippen LogP contribution in [0.5, 0.6) is 0 Å². The maximum atomic E-state index is 4.36. The molecule has 0 atom stereocenters. The van der Waals surface area contributed by atoms with E-state index in [4.69, 9.17) is 0 Å². The summed E-state index contributed by atoms with van der Waals surface area (Å²) in [5, 5.41) is 2.32. The number of hydrogen-bond acceptors (Lipinski definition) is 1. The minimum atomic E-state index is 1.06. The molecule has 0 unspecified atom stereocenters. The van der Waals surface area contributed by atoms with Gasteiger partial charge in [-0.3, -0.25) is 4.98 Å². The lowest BCUT2D eigenvalue weighted by atomic mass is 10.1. The predicted molar refractivity (Wildman–Crippen MR) is 62.1 cm³/mol. The van der Waals surface area contributed by atoms with Crippen molar-refractivity contribution in [1.82, 2.24) is 4.98 Å². The standard InChI is InChI=1S/C13H17N/c1-4-6-9-13-12(11(3)5-2)8-7-10-14-13/h4,6-10H,5H2,1-3H3/b6-4-,12-11-,13-9+. The Bertz CT molecular complexity index is 427. The van der Waals surface area contributed by atoms with Crippen LogP contribution in [0.3, 0.4) is 0 Å². The van der Waals surface area contributed by atoms with Gasteiger partial charge in [0, 0.05) is 6.20 Å². The number of pyridine rings is 1. The van der Waals surface area contributed by atoms with Crippen LogP contribution in [-0.2, 0) is 0 Å². The Kier molecular flexibility index (Phi) is 4.11. The number of nitrogens with zero attached hydrogens (tertiary/aromatic N) is 1. The third-order valence-electron chi connectivity index (χ3n) is 2.28. The van der Waals surface area contributed by atoms with Crippen molar-refractivity contribution < 1.29 is 0 Å². The van der Waals surface area contributed by atoms with Gasteiger partial charge in [-0.25, -0.2) is 0 Å². The normalized spacial score (nSPS) is 14.9. The molecule has 1 aromatic heterocycles. The largest absolute Gasteiger partial charge is 0.256 e. The van der Waals surface area contributed by atoms with Crippen molar-refractivity contribution in [3.05, 3.63) is 41.0 Å². The lowest BCUT2D eigenvalue weighted by Crippen LogP contribution is -2.28. The molecular formula is C13H17N. The smallest absolute Gasteiger partial charge is 0.0701 e. The zero-order valence-corrected chi connectivity index (χ0v) is 9.12. The van der Waals surface area contributed by atoms with Gasteiger partial charge < -0.3 is 0 Å². The van der Waals surface area contributed by atoms with E-state index in [0.717, 1.165) is 11.8 Å². The first-order valence-corrected chi connectivity index (χ1v) is 5.03. The Morgan fingerprint density at radius 1 is 1.50 bits per heavy atom. The van der Waals surface area contributed by atoms with Gasteiger partial charge in [0.05, 0.1) is 5.35 Å². The third-order valence-corrected chi connectivity index (χ3v) is 2.28. The van der Waals surface area contributed by atoms with Crippen LogP contribution >= 0.6 is 0 Å². The first-order valence-electron chi connectivity index (χ1n) is 5.03. The fourth-order valence-corrected chi connectivity index (χ4v) is 1.29. The highest BCUT2D eigenvalue weighted by atomic mass is 14.6. The molecule has 1 heterocycles. The minimum Gasteiger partial charge on any atom is -0.256 e. The molecule has 14 heavy (non-hydrogen) atoms. The average molecular weight is 187 g/mol. The summed E-state index contributed by atoms with van der Waals surface area (Å²) in [4.78, 5) is 4.36. The highest BCUT2D eigenvalue weighted by Gasteiger charge is 1.89. The fraction of sp³-hybridized carbons (Fsp3) is 0.308. The lowest BCUT2D eigenvalue weighted by Gasteiger charge is -1.95. The molecule has 0 amide bonds. The molecule has 1 heteroatoms. The van der Waals surface area contributed by atoms with Gasteiger partial charge in [-0.2, -0.15) is 0 Å². The molecular weight excluding hydrogens is 170 g/mol. The lowest BCUT2D eigenvalue weighted by molar-refractivity contribution is 1.16. The van der Waals surface area contributed by atoms with Crippen molar-refractivity contribution in [3.63, 3.8) is 0 Å². The summed E-state index contributed by atoms with van der Waals surface area (Å²) in [5.74, 6) is 0. The summed E-state index contributed by atoms with van der Waals surface area (Å²) < 4.78 is 0. The molecule has 1 nitrogen and oxygen atoms in total. The molecule has 0 aromatic carbocycles. The Balaban J connectivity index is 3.45. The Morgan fingerprint density at radius 2 is 2.29 bits per heavy atom. The average Bonchev–Trinajstić information content (AvgIpc) is 2.25. The van der Waals surface area contributed by atoms with Crippen molar-refractivity contribution in [1.29, 1.82) is 0 Å². The van der Waals surface area contributed by atoms with E-state index in [0.29, 0.717) is 0 Å². The summed E-state index contributed by atoms with van der Waals surface area (Å²) in [6.45, 7) is 6.33. The monoisotopic (exact) mass is 187 g/mol. The molecule has 1 aromatic rings. The van der Waals surface area contributed by atoms with E-state index >= 15 is 0 Å². The second-order valence-corrected chi connectivity index (χ2v) is 3.26. The molecule has 0 N–H and O–H groups in total. The zero-order chi connectivity index (χ0) is 10.4. The molecule has 0 spiro atoms. The Morgan fingerprint density at radius 3 is 2.93 bits per heavy atom. The van der Waals surface area contributed by atoms with Gasteiger partial charge in [-0.05, 0) is 37.6 Å². The van der Waals surface area contributed by atoms with Crippen molar-refractivity contribution in [2.45, 2.75) is 27.2 Å². The van der Waals surface area contributed by atoms with Crippen LogP contribution in [0.15, 0.2) is 30.5 Å². The molecule has 0 radical (unpaired) electrons. The van der Waals surface area contributed by atoms with E-state index in [1.807, 2.05) is 31.3 Å². The summed E-state index contributed by atoms with van der Waals surface area (Å²) in [5.41, 5.74) is 1.38. The van der Waals surface area contributed by atoms with Crippen LogP contribution < -0.4 is 10.6 Å². The van der Waals surface area contributed by atoms with E-state index < -0.39 is 0 Å². The minimum absolute atomic E-state index is 1.06. The summed E-state index contributed by atoms with van der Waals surface area (Å²) in [6, 6.07) is 4.11. The highest BCUT2D eigenvalue weighted by Crippen LogP contribution is 1.93. The number of hydrogen-bond donors (Lipinski definition) is 0. The van der Waals surface area contributed by atoms with E-state index in [9.17, 15) is 0 Å². The van der Waals surface area contributed by atoms with Crippen molar-refractivity contribution in [2.24, 2.45) is 0 Å². The highest BCUT2D eigenvalue weighted by molar-refractivity contribution is 5.44. The topological polar surface area (TPSA) is 12.9 Å². The van der Waals surface area contributed by atoms with Crippen LogP contribution in [0.4, 0.5) is 0 Å². The molecule has 0 saturated carbocycles. The maximum Gasteiger partial charge on any atom is 0.0701 e. The number of rotatable bonds is 2. The van der Waals surface area contributed by atoms with Gasteiger partial charge in [0.15, 0.2) is 0 Å². The Hall–Kier alpha value is -1.37. The van der Waals surface area contributed by atoms with Crippen LogP contribution in [-0.4, -0.2) is 4.98 Å². The molecule has 0 aliphatic carbocycles. The van der Waals surface area contributed by atoms with E-state index in [-0.39, 0.29) is 0 Å². The summed E-state index contributed by atoms with van der Waals surface area (Å²) >= 11 is 0. The van der Waals surface area contributed by atoms with E-state index in [1.165, 1.54) is 10.8 Å². The van der Waals surface area contributed by atoms with Gasteiger partial charge in [-0.1, -0.05) is 30.7 Å². The number of aromatic nitrogens is 1. The molecule has 0 saturated heterocycles. The second-order valence-electron chi connectivity index (χ2n) is 3.26. The molecule has 74 valence electrons. The third kappa shape index (κ3) is 2.56. The SMILES string of the molecule is C\C=C/C=c1/nccc/c1=C(\C)CC. The van der Waals surface area contributed by atoms with Gasteiger partial charge in [0.1, 0.15) is 0 Å². The molecule has 1 rings (SSSR count). The zero-order valence-electron chi connectivity index (χ0n) is 9.12. The van der Waals surface area contributed by atoms with Crippen LogP contribution in [0.1, 0.15) is 27.2 Å². The van der Waals surface area contributed by atoms with Crippen molar-refractivity contribution >= 4 is 11.6 Å².